The van der Waals surface area contributed by atoms with Crippen molar-refractivity contribution in [2.75, 3.05) is 6.61 Å². The number of halogens is 1. The molecule has 0 unspecified atom stereocenters. The van der Waals surface area contributed by atoms with Gasteiger partial charge in [0.1, 0.15) is 24.7 Å². The molecule has 0 radical (unpaired) electrons. The SMILES string of the molecule is CC(=O)OC[C@H]1O[C@@H](Oc2ccc(C=O)cc2Cl)[C@H](OC(C)=O)[C@@H](OC(C)=O)[C@H]1OC(C)=O. The fourth-order valence-electron chi connectivity index (χ4n) is 3.09. The molecule has 1 heterocycles. The molecular weight excluding hydrogens is 464 g/mol. The second kappa shape index (κ2) is 11.6. The van der Waals surface area contributed by atoms with Gasteiger partial charge in [0.2, 0.25) is 12.4 Å². The Balaban J connectivity index is 2.48. The lowest BCUT2D eigenvalue weighted by atomic mass is 9.98. The number of esters is 4. The van der Waals surface area contributed by atoms with E-state index in [1.807, 2.05) is 0 Å². The van der Waals surface area contributed by atoms with E-state index in [0.717, 1.165) is 27.7 Å². The van der Waals surface area contributed by atoms with Crippen LogP contribution in [0.5, 0.6) is 5.75 Å². The second-order valence-electron chi connectivity index (χ2n) is 6.99. The molecule has 0 saturated carbocycles. The van der Waals surface area contributed by atoms with Gasteiger partial charge in [0.05, 0.1) is 5.02 Å². The average molecular weight is 487 g/mol. The number of carbonyl (C=O) groups is 5. The summed E-state index contributed by atoms with van der Waals surface area (Å²) in [6.07, 6.45) is -6.07. The Hall–Kier alpha value is -3.18. The van der Waals surface area contributed by atoms with Crippen LogP contribution in [0.1, 0.15) is 38.1 Å². The lowest BCUT2D eigenvalue weighted by Crippen LogP contribution is -2.63. The highest BCUT2D eigenvalue weighted by Crippen LogP contribution is 2.33. The van der Waals surface area contributed by atoms with E-state index in [-0.39, 0.29) is 16.3 Å². The summed E-state index contributed by atoms with van der Waals surface area (Å²) in [7, 11) is 0. The van der Waals surface area contributed by atoms with E-state index in [1.165, 1.54) is 18.2 Å². The van der Waals surface area contributed by atoms with Crippen LogP contribution in [0.2, 0.25) is 5.02 Å². The zero-order valence-corrected chi connectivity index (χ0v) is 19.0. The van der Waals surface area contributed by atoms with Crippen molar-refractivity contribution in [1.29, 1.82) is 0 Å². The molecule has 1 aliphatic rings. The highest BCUT2D eigenvalue weighted by molar-refractivity contribution is 6.32. The molecule has 0 aromatic heterocycles. The summed E-state index contributed by atoms with van der Waals surface area (Å²) in [6.45, 7) is 4.11. The maximum atomic E-state index is 11.8. The Morgan fingerprint density at radius 1 is 0.909 bits per heavy atom. The monoisotopic (exact) mass is 486 g/mol. The molecule has 5 atom stereocenters. The van der Waals surface area contributed by atoms with Crippen LogP contribution < -0.4 is 4.74 Å². The first-order chi connectivity index (χ1) is 15.5. The molecule has 11 nitrogen and oxygen atoms in total. The van der Waals surface area contributed by atoms with E-state index in [9.17, 15) is 24.0 Å². The molecule has 0 N–H and O–H groups in total. The molecule has 1 aliphatic heterocycles. The zero-order chi connectivity index (χ0) is 24.7. The van der Waals surface area contributed by atoms with E-state index in [4.69, 9.17) is 40.0 Å². The van der Waals surface area contributed by atoms with Gasteiger partial charge in [-0.05, 0) is 18.2 Å². The summed E-state index contributed by atoms with van der Waals surface area (Å²) in [6, 6.07) is 4.16. The van der Waals surface area contributed by atoms with Crippen LogP contribution in [0.25, 0.3) is 0 Å². The molecule has 0 amide bonds. The summed E-state index contributed by atoms with van der Waals surface area (Å²) >= 11 is 6.17. The Morgan fingerprint density at radius 3 is 2.00 bits per heavy atom. The van der Waals surface area contributed by atoms with E-state index < -0.39 is 61.2 Å². The Labute approximate surface area is 194 Å². The number of ether oxygens (including phenoxy) is 6. The van der Waals surface area contributed by atoms with Crippen molar-refractivity contribution in [3.8, 4) is 5.75 Å². The Kier molecular flexibility index (Phi) is 9.18. The van der Waals surface area contributed by atoms with Gasteiger partial charge in [0.25, 0.3) is 0 Å². The molecule has 2 rings (SSSR count). The summed E-state index contributed by atoms with van der Waals surface area (Å²) in [5.74, 6) is -2.87. The van der Waals surface area contributed by atoms with Gasteiger partial charge < -0.3 is 28.4 Å². The molecular formula is C21H23ClO11. The van der Waals surface area contributed by atoms with Gasteiger partial charge in [-0.2, -0.15) is 0 Å². The smallest absolute Gasteiger partial charge is 0.303 e. The summed E-state index contributed by atoms with van der Waals surface area (Å²) in [4.78, 5) is 57.6. The predicted octanol–water partition coefficient (Wildman–Crippen LogP) is 1.61. The standard InChI is InChI=1S/C21H23ClO11/c1-10(24)28-9-17-18(29-11(2)25)19(30-12(3)26)20(31-13(4)27)21(33-17)32-16-6-5-14(8-23)7-15(16)22/h5-8,17-21H,9H2,1-4H3/t17-,18+,19+,20-,21-/m1/s1. The van der Waals surface area contributed by atoms with Crippen molar-refractivity contribution in [2.24, 2.45) is 0 Å². The number of rotatable bonds is 8. The van der Waals surface area contributed by atoms with Crippen molar-refractivity contribution in [1.82, 2.24) is 0 Å². The van der Waals surface area contributed by atoms with Crippen LogP contribution in [0.3, 0.4) is 0 Å². The second-order valence-corrected chi connectivity index (χ2v) is 7.40. The number of hydrogen-bond donors (Lipinski definition) is 0. The molecule has 12 heteroatoms. The van der Waals surface area contributed by atoms with E-state index in [0.29, 0.717) is 6.29 Å². The van der Waals surface area contributed by atoms with Crippen molar-refractivity contribution in [2.45, 2.75) is 58.4 Å². The maximum absolute atomic E-state index is 11.8. The van der Waals surface area contributed by atoms with Crippen molar-refractivity contribution in [3.05, 3.63) is 28.8 Å². The van der Waals surface area contributed by atoms with Gasteiger partial charge >= 0.3 is 23.9 Å². The molecule has 0 aliphatic carbocycles. The lowest BCUT2D eigenvalue weighted by molar-refractivity contribution is -0.288. The minimum Gasteiger partial charge on any atom is -0.463 e. The van der Waals surface area contributed by atoms with Crippen molar-refractivity contribution >= 4 is 41.8 Å². The zero-order valence-electron chi connectivity index (χ0n) is 18.3. The normalized spacial score (nSPS) is 24.2. The first kappa shape index (κ1) is 26.1. The van der Waals surface area contributed by atoms with Crippen LogP contribution in [0, 0.1) is 0 Å². The maximum Gasteiger partial charge on any atom is 0.303 e. The lowest BCUT2D eigenvalue weighted by Gasteiger charge is -2.44. The highest BCUT2D eigenvalue weighted by Gasteiger charge is 2.53. The largest absolute Gasteiger partial charge is 0.463 e. The van der Waals surface area contributed by atoms with E-state index in [2.05, 4.69) is 0 Å². The fraction of sp³-hybridized carbons (Fsp3) is 0.476. The van der Waals surface area contributed by atoms with Crippen LogP contribution in [-0.4, -0.2) is 67.5 Å². The Morgan fingerprint density at radius 2 is 1.48 bits per heavy atom. The molecule has 1 aromatic rings. The third-order valence-electron chi connectivity index (χ3n) is 4.28. The van der Waals surface area contributed by atoms with Crippen LogP contribution >= 0.6 is 11.6 Å². The molecule has 1 saturated heterocycles. The van der Waals surface area contributed by atoms with Gasteiger partial charge in [-0.15, -0.1) is 0 Å². The molecule has 1 aromatic carbocycles. The quantitative estimate of drug-likeness (QED) is 0.300. The third kappa shape index (κ3) is 7.43. The number of carbonyl (C=O) groups excluding carboxylic acids is 5. The number of benzene rings is 1. The van der Waals surface area contributed by atoms with Gasteiger partial charge in [0.15, 0.2) is 12.2 Å². The van der Waals surface area contributed by atoms with Crippen LogP contribution in [-0.2, 0) is 42.9 Å². The van der Waals surface area contributed by atoms with Crippen LogP contribution in [0.4, 0.5) is 0 Å². The first-order valence-corrected chi connectivity index (χ1v) is 10.1. The molecule has 180 valence electrons. The number of hydrogen-bond acceptors (Lipinski definition) is 11. The average Bonchev–Trinajstić information content (AvgIpc) is 2.71. The fourth-order valence-corrected chi connectivity index (χ4v) is 3.33. The molecule has 0 spiro atoms. The van der Waals surface area contributed by atoms with Gasteiger partial charge in [-0.25, -0.2) is 0 Å². The Bertz CT molecular complexity index is 915. The van der Waals surface area contributed by atoms with Gasteiger partial charge in [-0.3, -0.25) is 24.0 Å². The minimum absolute atomic E-state index is 0.0486. The molecule has 33 heavy (non-hydrogen) atoms. The predicted molar refractivity (Wildman–Crippen MR) is 109 cm³/mol. The van der Waals surface area contributed by atoms with E-state index in [1.54, 1.807) is 0 Å². The van der Waals surface area contributed by atoms with E-state index >= 15 is 0 Å². The summed E-state index contributed by atoms with van der Waals surface area (Å²) < 4.78 is 32.5. The summed E-state index contributed by atoms with van der Waals surface area (Å²) in [5, 5.41) is 0.0486. The van der Waals surface area contributed by atoms with Crippen molar-refractivity contribution < 1.29 is 52.4 Å². The van der Waals surface area contributed by atoms with Gasteiger partial charge in [-0.1, -0.05) is 11.6 Å². The van der Waals surface area contributed by atoms with Gasteiger partial charge in [0, 0.05) is 33.3 Å². The first-order valence-electron chi connectivity index (χ1n) is 9.73. The highest BCUT2D eigenvalue weighted by atomic mass is 35.5. The van der Waals surface area contributed by atoms with Crippen molar-refractivity contribution in [3.63, 3.8) is 0 Å². The molecule has 1 fully saturated rings. The molecule has 0 bridgehead atoms. The minimum atomic E-state index is -1.43. The third-order valence-corrected chi connectivity index (χ3v) is 4.58. The topological polar surface area (TPSA) is 141 Å². The van der Waals surface area contributed by atoms with Crippen LogP contribution in [0.15, 0.2) is 18.2 Å². The summed E-state index contributed by atoms with van der Waals surface area (Å²) in [5.41, 5.74) is 0.286. The number of aldehydes is 1.